The Labute approximate surface area is 99.3 Å². The van der Waals surface area contributed by atoms with E-state index in [9.17, 15) is 0 Å². The van der Waals surface area contributed by atoms with Gasteiger partial charge in [-0.2, -0.15) is 0 Å². The highest BCUT2D eigenvalue weighted by molar-refractivity contribution is 6.73. The van der Waals surface area contributed by atoms with E-state index in [1.54, 1.807) is 0 Å². The third kappa shape index (κ3) is 3.72. The molecule has 0 aromatic heterocycles. The monoisotopic (exact) mass is 246 g/mol. The van der Waals surface area contributed by atoms with Crippen LogP contribution in [0, 0.1) is 0 Å². The Bertz CT molecular complexity index is 184. The van der Waals surface area contributed by atoms with E-state index >= 15 is 0 Å². The predicted octanol–water partition coefficient (Wildman–Crippen LogP) is 4.20. The van der Waals surface area contributed by atoms with E-state index in [0.29, 0.717) is 5.54 Å². The van der Waals surface area contributed by atoms with Crippen LogP contribution in [0.5, 0.6) is 0 Å². The lowest BCUT2D eigenvalue weighted by molar-refractivity contribution is 0.126. The molecule has 0 aliphatic carbocycles. The van der Waals surface area contributed by atoms with Gasteiger partial charge in [-0.15, -0.1) is 0 Å². The van der Waals surface area contributed by atoms with Crippen molar-refractivity contribution in [1.29, 1.82) is 0 Å². The average Bonchev–Trinajstić information content (AvgIpc) is 2.13. The molecule has 0 unspecified atom stereocenters. The van der Waals surface area contributed by atoms with Gasteiger partial charge < -0.3 is 4.43 Å². The van der Waals surface area contributed by atoms with Gasteiger partial charge in [0.05, 0.1) is 8.80 Å². The molecule has 0 aliphatic rings. The van der Waals surface area contributed by atoms with Crippen LogP contribution >= 0.6 is 0 Å². The van der Waals surface area contributed by atoms with Crippen molar-refractivity contribution in [3.05, 3.63) is 0 Å². The molecule has 0 N–H and O–H groups in total. The molecule has 0 aromatic rings. The third-order valence-corrected chi connectivity index (χ3v) is 11.1. The second kappa shape index (κ2) is 5.64. The van der Waals surface area contributed by atoms with Gasteiger partial charge in [-0.05, 0) is 31.5 Å². The fraction of sp³-hybridized carbons (Fsp3) is 1.00. The molecule has 0 rings (SSSR count). The van der Waals surface area contributed by atoms with Crippen molar-refractivity contribution < 1.29 is 4.43 Å². The lowest BCUT2D eigenvalue weighted by atomic mass is 10.2. The molecule has 0 bridgehead atoms. The highest BCUT2D eigenvalue weighted by Crippen LogP contribution is 2.33. The molecule has 15 heavy (non-hydrogen) atoms. The van der Waals surface area contributed by atoms with Crippen LogP contribution in [0.4, 0.5) is 0 Å². The smallest absolute Gasteiger partial charge is 0.189 e. The maximum atomic E-state index is 6.65. The summed E-state index contributed by atoms with van der Waals surface area (Å²) in [6, 6.07) is 0. The molecule has 92 valence electrons. The van der Waals surface area contributed by atoms with E-state index in [2.05, 4.69) is 53.9 Å². The summed E-state index contributed by atoms with van der Waals surface area (Å²) in [5.41, 5.74) is 0.711. The van der Waals surface area contributed by atoms with Crippen LogP contribution in [0.15, 0.2) is 0 Å². The van der Waals surface area contributed by atoms with Crippen molar-refractivity contribution in [2.24, 2.45) is 0 Å². The maximum absolute atomic E-state index is 6.65. The van der Waals surface area contributed by atoms with Crippen molar-refractivity contribution >= 4 is 17.1 Å². The van der Waals surface area contributed by atoms with Crippen LogP contribution in [-0.2, 0) is 4.43 Å². The largest absolute Gasteiger partial charge is 0.415 e. The zero-order valence-corrected chi connectivity index (χ0v) is 14.1. The molecule has 0 spiro atoms. The standard InChI is InChI=1S/C12H30OSi2/c1-9-12(10-2,14(5)6)13-15(7,8)11(3)4/h11,14H,9-10H2,1-8H3. The van der Waals surface area contributed by atoms with Gasteiger partial charge in [-0.25, -0.2) is 0 Å². The summed E-state index contributed by atoms with van der Waals surface area (Å²) in [6.07, 6.45) is 2.38. The second-order valence-electron chi connectivity index (χ2n) is 5.79. The molecule has 0 heterocycles. The second-order valence-corrected chi connectivity index (χ2v) is 13.7. The lowest BCUT2D eigenvalue weighted by Crippen LogP contribution is -2.52. The molecule has 0 saturated carbocycles. The fourth-order valence-electron chi connectivity index (χ4n) is 1.97. The molecular formula is C12H30OSi2. The van der Waals surface area contributed by atoms with Gasteiger partial charge in [0, 0.05) is 5.22 Å². The average molecular weight is 247 g/mol. The molecule has 3 heteroatoms. The third-order valence-electron chi connectivity index (χ3n) is 4.11. The van der Waals surface area contributed by atoms with Gasteiger partial charge in [-0.1, -0.05) is 40.8 Å². The van der Waals surface area contributed by atoms with Crippen LogP contribution in [0.3, 0.4) is 0 Å². The Balaban J connectivity index is 4.83. The highest BCUT2D eigenvalue weighted by Gasteiger charge is 2.39. The first kappa shape index (κ1) is 15.4. The topological polar surface area (TPSA) is 9.23 Å². The summed E-state index contributed by atoms with van der Waals surface area (Å²) in [7, 11) is -2.24. The van der Waals surface area contributed by atoms with Gasteiger partial charge in [0.2, 0.25) is 0 Å². The maximum Gasteiger partial charge on any atom is 0.189 e. The summed E-state index contributed by atoms with van der Waals surface area (Å²) < 4.78 is 6.65. The van der Waals surface area contributed by atoms with Gasteiger partial charge in [0.25, 0.3) is 0 Å². The van der Waals surface area contributed by atoms with E-state index in [0.717, 1.165) is 0 Å². The molecule has 1 nitrogen and oxygen atoms in total. The fourth-order valence-corrected chi connectivity index (χ4v) is 7.03. The normalized spacial score (nSPS) is 14.0. The number of hydrogen-bond donors (Lipinski definition) is 0. The molecular weight excluding hydrogens is 216 g/mol. The first-order valence-electron chi connectivity index (χ1n) is 6.42. The van der Waals surface area contributed by atoms with E-state index in [4.69, 9.17) is 4.43 Å². The van der Waals surface area contributed by atoms with Gasteiger partial charge in [0.1, 0.15) is 0 Å². The SMILES string of the molecule is CCC(CC)(O[Si](C)(C)C(C)C)[SiH](C)C. The van der Waals surface area contributed by atoms with Crippen molar-refractivity contribution in [2.45, 2.75) is 77.5 Å². The van der Waals surface area contributed by atoms with Crippen molar-refractivity contribution in [3.63, 3.8) is 0 Å². The lowest BCUT2D eigenvalue weighted by Gasteiger charge is -2.43. The van der Waals surface area contributed by atoms with Gasteiger partial charge in [0.15, 0.2) is 8.32 Å². The Kier molecular flexibility index (Phi) is 5.79. The van der Waals surface area contributed by atoms with Crippen molar-refractivity contribution in [3.8, 4) is 0 Å². The Hall–Kier alpha value is 0.394. The first-order valence-corrected chi connectivity index (χ1v) is 12.3. The van der Waals surface area contributed by atoms with Crippen molar-refractivity contribution in [2.75, 3.05) is 0 Å². The minimum Gasteiger partial charge on any atom is -0.415 e. The van der Waals surface area contributed by atoms with E-state index in [-0.39, 0.29) is 5.22 Å². The minimum absolute atomic E-state index is 0.250. The molecule has 0 amide bonds. The quantitative estimate of drug-likeness (QED) is 0.638. The molecule has 0 saturated heterocycles. The summed E-state index contributed by atoms with van der Waals surface area (Å²) in [4.78, 5) is 0. The van der Waals surface area contributed by atoms with Crippen LogP contribution in [-0.4, -0.2) is 22.3 Å². The Morgan fingerprint density at radius 3 is 1.73 bits per heavy atom. The molecule has 0 aliphatic heterocycles. The summed E-state index contributed by atoms with van der Waals surface area (Å²) in [5.74, 6) is 0. The zero-order chi connectivity index (χ0) is 12.3. The van der Waals surface area contributed by atoms with E-state index in [1.165, 1.54) is 12.8 Å². The number of hydrogen-bond acceptors (Lipinski definition) is 1. The summed E-state index contributed by atoms with van der Waals surface area (Å²) in [5, 5.41) is 0.250. The number of rotatable bonds is 6. The van der Waals surface area contributed by atoms with Crippen molar-refractivity contribution in [1.82, 2.24) is 0 Å². The molecule has 0 aromatic carbocycles. The van der Waals surface area contributed by atoms with Crippen LogP contribution in [0.2, 0.25) is 31.7 Å². The van der Waals surface area contributed by atoms with Gasteiger partial charge >= 0.3 is 0 Å². The highest BCUT2D eigenvalue weighted by atomic mass is 28.4. The van der Waals surface area contributed by atoms with E-state index < -0.39 is 17.1 Å². The minimum atomic E-state index is -1.49. The van der Waals surface area contributed by atoms with Crippen LogP contribution < -0.4 is 0 Å². The van der Waals surface area contributed by atoms with Gasteiger partial charge in [-0.3, -0.25) is 0 Å². The predicted molar refractivity (Wildman–Crippen MR) is 75.9 cm³/mol. The Morgan fingerprint density at radius 1 is 1.13 bits per heavy atom. The van der Waals surface area contributed by atoms with Crippen LogP contribution in [0.25, 0.3) is 0 Å². The zero-order valence-electron chi connectivity index (χ0n) is 12.0. The molecule has 0 radical (unpaired) electrons. The first-order chi connectivity index (χ1) is 6.72. The Morgan fingerprint density at radius 2 is 1.53 bits per heavy atom. The van der Waals surface area contributed by atoms with E-state index in [1.807, 2.05) is 0 Å². The van der Waals surface area contributed by atoms with Crippen LogP contribution in [0.1, 0.15) is 40.5 Å². The summed E-state index contributed by atoms with van der Waals surface area (Å²) in [6.45, 7) is 18.8. The summed E-state index contributed by atoms with van der Waals surface area (Å²) >= 11 is 0. The molecule has 0 fully saturated rings. The molecule has 0 atom stereocenters.